The maximum atomic E-state index is 12.9. The van der Waals surface area contributed by atoms with E-state index in [0.29, 0.717) is 22.1 Å². The van der Waals surface area contributed by atoms with Gasteiger partial charge in [-0.05, 0) is 25.1 Å². The van der Waals surface area contributed by atoms with Crippen molar-refractivity contribution in [2.24, 2.45) is 0 Å². The van der Waals surface area contributed by atoms with Crippen molar-refractivity contribution in [3.05, 3.63) is 41.3 Å². The molecule has 31 heavy (non-hydrogen) atoms. The van der Waals surface area contributed by atoms with Gasteiger partial charge in [-0.1, -0.05) is 22.9 Å². The lowest BCUT2D eigenvalue weighted by Gasteiger charge is -2.13. The Kier molecular flexibility index (Phi) is 6.68. The normalized spacial score (nSPS) is 11.1. The second-order valence-corrected chi connectivity index (χ2v) is 9.34. The van der Waals surface area contributed by atoms with Crippen LogP contribution in [0.25, 0.3) is 10.4 Å². The fourth-order valence-electron chi connectivity index (χ4n) is 2.70. The number of ether oxygens (including phenoxy) is 2. The molecule has 0 aliphatic carbocycles. The average Bonchev–Trinajstić information content (AvgIpc) is 3.08. The molecular weight excluding hydrogens is 464 g/mol. The number of hydrogen-bond acceptors (Lipinski definition) is 8. The summed E-state index contributed by atoms with van der Waals surface area (Å²) in [7, 11) is -1.12. The topological polar surface area (TPSA) is 120 Å². The molecule has 9 nitrogen and oxygen atoms in total. The van der Waals surface area contributed by atoms with Crippen LogP contribution in [-0.2, 0) is 14.8 Å². The van der Waals surface area contributed by atoms with Crippen LogP contribution in [0.3, 0.4) is 0 Å². The molecule has 0 atom stereocenters. The highest BCUT2D eigenvalue weighted by Crippen LogP contribution is 2.36. The largest absolute Gasteiger partial charge is 0.493 e. The van der Waals surface area contributed by atoms with Crippen LogP contribution in [0.1, 0.15) is 12.6 Å². The first-order valence-electron chi connectivity index (χ1n) is 8.80. The molecule has 2 heterocycles. The molecule has 3 rings (SSSR count). The van der Waals surface area contributed by atoms with E-state index in [1.807, 2.05) is 0 Å². The van der Waals surface area contributed by atoms with E-state index in [2.05, 4.69) is 20.0 Å². The van der Waals surface area contributed by atoms with Gasteiger partial charge >= 0.3 is 0 Å². The SMILES string of the molecule is COc1ccc(S(=O)(=O)Nc2cc(-c3sc(NC(C)=O)nc3C)cnc2Cl)cc1OC. The molecule has 0 aliphatic rings. The minimum atomic E-state index is -3.99. The van der Waals surface area contributed by atoms with Gasteiger partial charge in [0.05, 0.1) is 35.4 Å². The molecule has 0 saturated carbocycles. The zero-order valence-electron chi connectivity index (χ0n) is 17.0. The Labute approximate surface area is 188 Å². The maximum absolute atomic E-state index is 12.9. The Morgan fingerprint density at radius 3 is 2.52 bits per heavy atom. The number of rotatable bonds is 7. The van der Waals surface area contributed by atoms with Crippen molar-refractivity contribution in [3.63, 3.8) is 0 Å². The lowest BCUT2D eigenvalue weighted by atomic mass is 10.2. The van der Waals surface area contributed by atoms with E-state index in [4.69, 9.17) is 21.1 Å². The van der Waals surface area contributed by atoms with Crippen molar-refractivity contribution in [1.82, 2.24) is 9.97 Å². The number of hydrogen-bond donors (Lipinski definition) is 2. The van der Waals surface area contributed by atoms with E-state index >= 15 is 0 Å². The van der Waals surface area contributed by atoms with E-state index in [1.54, 1.807) is 13.0 Å². The average molecular weight is 483 g/mol. The van der Waals surface area contributed by atoms with Gasteiger partial charge in [0.2, 0.25) is 5.91 Å². The summed E-state index contributed by atoms with van der Waals surface area (Å²) in [6.45, 7) is 3.17. The molecule has 1 aromatic carbocycles. The van der Waals surface area contributed by atoms with Gasteiger partial charge in [-0.25, -0.2) is 18.4 Å². The summed E-state index contributed by atoms with van der Waals surface area (Å²) in [5.41, 5.74) is 1.36. The molecule has 12 heteroatoms. The van der Waals surface area contributed by atoms with Gasteiger partial charge < -0.3 is 14.8 Å². The number of thiazole rings is 1. The third-order valence-corrected chi connectivity index (χ3v) is 6.88. The van der Waals surface area contributed by atoms with E-state index in [9.17, 15) is 13.2 Å². The molecular formula is C19H19ClN4O5S2. The van der Waals surface area contributed by atoms with E-state index in [1.165, 1.54) is 56.9 Å². The number of methoxy groups -OCH3 is 2. The number of amides is 1. The van der Waals surface area contributed by atoms with Crippen LogP contribution in [0.4, 0.5) is 10.8 Å². The fourth-order valence-corrected chi connectivity index (χ4v) is 4.97. The quantitative estimate of drug-likeness (QED) is 0.489. The predicted molar refractivity (Wildman–Crippen MR) is 120 cm³/mol. The molecule has 0 fully saturated rings. The summed E-state index contributed by atoms with van der Waals surface area (Å²) in [5, 5.41) is 3.05. The van der Waals surface area contributed by atoms with Crippen LogP contribution < -0.4 is 19.5 Å². The smallest absolute Gasteiger partial charge is 0.262 e. The molecule has 164 valence electrons. The fraction of sp³-hybridized carbons (Fsp3) is 0.211. The predicted octanol–water partition coefficient (Wildman–Crippen LogP) is 3.94. The number of pyridine rings is 1. The van der Waals surface area contributed by atoms with Gasteiger partial charge in [0.1, 0.15) is 0 Å². The number of nitrogens with one attached hydrogen (secondary N) is 2. The first-order chi connectivity index (χ1) is 14.6. The second-order valence-electron chi connectivity index (χ2n) is 6.30. The third kappa shape index (κ3) is 5.06. The summed E-state index contributed by atoms with van der Waals surface area (Å²) in [6, 6.07) is 5.79. The van der Waals surface area contributed by atoms with Gasteiger partial charge in [-0.3, -0.25) is 9.52 Å². The van der Waals surface area contributed by atoms with Gasteiger partial charge in [0.25, 0.3) is 10.0 Å². The number of nitrogens with zero attached hydrogens (tertiary/aromatic N) is 2. The van der Waals surface area contributed by atoms with Crippen LogP contribution >= 0.6 is 22.9 Å². The molecule has 2 aromatic heterocycles. The Hall–Kier alpha value is -2.89. The summed E-state index contributed by atoms with van der Waals surface area (Å²) in [5.74, 6) is 0.436. The Morgan fingerprint density at radius 2 is 1.87 bits per heavy atom. The van der Waals surface area contributed by atoms with Crippen molar-refractivity contribution < 1.29 is 22.7 Å². The van der Waals surface area contributed by atoms with Gasteiger partial charge in [-0.15, -0.1) is 0 Å². The summed E-state index contributed by atoms with van der Waals surface area (Å²) in [6.07, 6.45) is 1.51. The molecule has 0 aliphatic heterocycles. The first-order valence-corrected chi connectivity index (χ1v) is 11.5. The van der Waals surface area contributed by atoms with Crippen molar-refractivity contribution in [1.29, 1.82) is 0 Å². The number of benzene rings is 1. The molecule has 3 aromatic rings. The van der Waals surface area contributed by atoms with Crippen LogP contribution in [0, 0.1) is 6.92 Å². The number of carbonyl (C=O) groups is 1. The molecule has 1 amide bonds. The van der Waals surface area contributed by atoms with Crippen LogP contribution in [-0.4, -0.2) is 38.5 Å². The van der Waals surface area contributed by atoms with Crippen LogP contribution in [0.5, 0.6) is 11.5 Å². The van der Waals surface area contributed by atoms with Gasteiger partial charge in [0.15, 0.2) is 21.8 Å². The highest BCUT2D eigenvalue weighted by atomic mass is 35.5. The second kappa shape index (κ2) is 9.08. The molecule has 0 spiro atoms. The van der Waals surface area contributed by atoms with Crippen molar-refractivity contribution in [3.8, 4) is 21.9 Å². The number of aryl methyl sites for hydroxylation is 1. The standard InChI is InChI=1S/C19H19ClN4O5S2/c1-10-17(30-19(22-10)23-11(2)25)12-7-14(18(20)21-9-12)24-31(26,27)13-5-6-15(28-3)16(8-13)29-4/h5-9,24H,1-4H3,(H,22,23,25). The zero-order valence-corrected chi connectivity index (χ0v) is 19.4. The number of sulfonamides is 1. The van der Waals surface area contributed by atoms with Crippen molar-refractivity contribution in [2.45, 2.75) is 18.7 Å². The zero-order chi connectivity index (χ0) is 22.8. The van der Waals surface area contributed by atoms with Crippen LogP contribution in [0.2, 0.25) is 5.15 Å². The monoisotopic (exact) mass is 482 g/mol. The number of aromatic nitrogens is 2. The Morgan fingerprint density at radius 1 is 1.16 bits per heavy atom. The minimum Gasteiger partial charge on any atom is -0.493 e. The Bertz CT molecular complexity index is 1240. The highest BCUT2D eigenvalue weighted by Gasteiger charge is 2.20. The molecule has 0 radical (unpaired) electrons. The molecule has 0 unspecified atom stereocenters. The molecule has 2 N–H and O–H groups in total. The number of carbonyl (C=O) groups excluding carboxylic acids is 1. The van der Waals surface area contributed by atoms with E-state index in [0.717, 1.165) is 4.88 Å². The summed E-state index contributed by atoms with van der Waals surface area (Å²) < 4.78 is 38.6. The maximum Gasteiger partial charge on any atom is 0.262 e. The van der Waals surface area contributed by atoms with E-state index in [-0.39, 0.29) is 27.4 Å². The molecule has 0 bridgehead atoms. The van der Waals surface area contributed by atoms with Crippen molar-refractivity contribution in [2.75, 3.05) is 24.3 Å². The van der Waals surface area contributed by atoms with E-state index < -0.39 is 10.0 Å². The number of halogens is 1. The lowest BCUT2D eigenvalue weighted by Crippen LogP contribution is -2.14. The van der Waals surface area contributed by atoms with Crippen molar-refractivity contribution >= 4 is 49.7 Å². The summed E-state index contributed by atoms with van der Waals surface area (Å²) >= 11 is 7.39. The van der Waals surface area contributed by atoms with Gasteiger partial charge in [0, 0.05) is 24.8 Å². The summed E-state index contributed by atoms with van der Waals surface area (Å²) in [4.78, 5) is 20.4. The molecule has 0 saturated heterocycles. The minimum absolute atomic E-state index is 0.0166. The lowest BCUT2D eigenvalue weighted by molar-refractivity contribution is -0.114. The highest BCUT2D eigenvalue weighted by molar-refractivity contribution is 7.92. The third-order valence-electron chi connectivity index (χ3n) is 4.09. The van der Waals surface area contributed by atoms with Crippen LogP contribution in [0.15, 0.2) is 35.4 Å². The van der Waals surface area contributed by atoms with Gasteiger partial charge in [-0.2, -0.15) is 0 Å². The first kappa shape index (κ1) is 22.8. The Balaban J connectivity index is 1.96. The number of anilines is 2.